The van der Waals surface area contributed by atoms with E-state index in [0.717, 1.165) is 18.7 Å². The Balaban J connectivity index is 2.03. The van der Waals surface area contributed by atoms with Gasteiger partial charge in [-0.15, -0.1) is 11.6 Å². The van der Waals surface area contributed by atoms with Crippen molar-refractivity contribution in [2.24, 2.45) is 0 Å². The number of nitrogens with zero attached hydrogens (tertiary/aromatic N) is 1. The predicted octanol–water partition coefficient (Wildman–Crippen LogP) is 3.68. The average Bonchev–Trinajstić information content (AvgIpc) is 3.06. The first-order chi connectivity index (χ1) is 7.70. The zero-order valence-electron chi connectivity index (χ0n) is 8.93. The third kappa shape index (κ3) is 3.09. The van der Waals surface area contributed by atoms with E-state index < -0.39 is 0 Å². The molecule has 1 aliphatic carbocycles. The quantitative estimate of drug-likeness (QED) is 0.731. The van der Waals surface area contributed by atoms with Gasteiger partial charge in [0.05, 0.1) is 5.02 Å². The summed E-state index contributed by atoms with van der Waals surface area (Å²) in [4.78, 5) is 2.33. The summed E-state index contributed by atoms with van der Waals surface area (Å²) in [6, 6.07) is 5.55. The second kappa shape index (κ2) is 5.35. The number of halogens is 3. The first kappa shape index (κ1) is 12.2. The fourth-order valence-corrected chi connectivity index (χ4v) is 2.23. The zero-order chi connectivity index (χ0) is 11.5. The van der Waals surface area contributed by atoms with Crippen molar-refractivity contribution in [1.29, 1.82) is 0 Å². The van der Waals surface area contributed by atoms with Gasteiger partial charge in [0.25, 0.3) is 0 Å². The topological polar surface area (TPSA) is 3.24 Å². The maximum Gasteiger partial charge on any atom is 0.141 e. The molecule has 1 aliphatic rings. The van der Waals surface area contributed by atoms with Crippen LogP contribution in [-0.4, -0.2) is 23.4 Å². The van der Waals surface area contributed by atoms with E-state index in [9.17, 15) is 4.39 Å². The molecule has 16 heavy (non-hydrogen) atoms. The highest BCUT2D eigenvalue weighted by atomic mass is 35.5. The molecule has 0 amide bonds. The number of hydrogen-bond donors (Lipinski definition) is 0. The molecular formula is C12H14Cl2FN. The molecule has 0 heterocycles. The van der Waals surface area contributed by atoms with Gasteiger partial charge in [0, 0.05) is 25.0 Å². The van der Waals surface area contributed by atoms with E-state index in [1.54, 1.807) is 12.1 Å². The van der Waals surface area contributed by atoms with E-state index in [1.807, 2.05) is 0 Å². The Kier molecular flexibility index (Phi) is 4.06. The van der Waals surface area contributed by atoms with Crippen molar-refractivity contribution in [3.63, 3.8) is 0 Å². The highest BCUT2D eigenvalue weighted by Crippen LogP contribution is 2.28. The lowest BCUT2D eigenvalue weighted by Crippen LogP contribution is -2.27. The molecule has 0 bridgehead atoms. The maximum atomic E-state index is 13.0. The van der Waals surface area contributed by atoms with Gasteiger partial charge in [-0.1, -0.05) is 17.7 Å². The van der Waals surface area contributed by atoms with Gasteiger partial charge in [0.15, 0.2) is 0 Å². The van der Waals surface area contributed by atoms with Crippen LogP contribution in [0.15, 0.2) is 18.2 Å². The van der Waals surface area contributed by atoms with Crippen LogP contribution in [0.5, 0.6) is 0 Å². The molecule has 0 aromatic heterocycles. The van der Waals surface area contributed by atoms with Crippen LogP contribution in [0.4, 0.5) is 4.39 Å². The van der Waals surface area contributed by atoms with Gasteiger partial charge in [-0.05, 0) is 30.5 Å². The fraction of sp³-hybridized carbons (Fsp3) is 0.500. The molecule has 0 spiro atoms. The van der Waals surface area contributed by atoms with E-state index in [1.165, 1.54) is 18.9 Å². The summed E-state index contributed by atoms with van der Waals surface area (Å²) in [6.07, 6.45) is 2.48. The molecule has 0 N–H and O–H groups in total. The summed E-state index contributed by atoms with van der Waals surface area (Å²) in [5.41, 5.74) is 1.04. The number of benzene rings is 1. The van der Waals surface area contributed by atoms with Gasteiger partial charge in [0.1, 0.15) is 5.82 Å². The lowest BCUT2D eigenvalue weighted by atomic mass is 10.2. The number of alkyl halides is 1. The molecule has 4 heteroatoms. The molecule has 0 aliphatic heterocycles. The third-order valence-corrected chi connectivity index (χ3v) is 3.26. The summed E-state index contributed by atoms with van der Waals surface area (Å²) >= 11 is 11.5. The van der Waals surface area contributed by atoms with Gasteiger partial charge in [0.2, 0.25) is 0 Å². The van der Waals surface area contributed by atoms with E-state index in [0.29, 0.717) is 11.9 Å². The highest BCUT2D eigenvalue weighted by Gasteiger charge is 2.28. The molecule has 1 saturated carbocycles. The molecule has 88 valence electrons. The fourth-order valence-electron chi connectivity index (χ4n) is 1.81. The second-order valence-corrected chi connectivity index (χ2v) is 4.92. The van der Waals surface area contributed by atoms with Gasteiger partial charge in [-0.25, -0.2) is 4.39 Å². The molecule has 1 aromatic carbocycles. The van der Waals surface area contributed by atoms with E-state index in [-0.39, 0.29) is 10.8 Å². The lowest BCUT2D eigenvalue weighted by molar-refractivity contribution is 0.271. The van der Waals surface area contributed by atoms with Crippen LogP contribution >= 0.6 is 23.2 Å². The normalized spacial score (nSPS) is 15.8. The molecule has 0 radical (unpaired) electrons. The summed E-state index contributed by atoms with van der Waals surface area (Å²) in [6.45, 7) is 1.68. The van der Waals surface area contributed by atoms with Crippen molar-refractivity contribution in [3.05, 3.63) is 34.6 Å². The Morgan fingerprint density at radius 1 is 1.38 bits per heavy atom. The maximum absolute atomic E-state index is 13.0. The molecule has 1 aromatic rings. The van der Waals surface area contributed by atoms with Crippen molar-refractivity contribution in [2.45, 2.75) is 25.4 Å². The van der Waals surface area contributed by atoms with E-state index >= 15 is 0 Å². The Hall–Kier alpha value is -0.310. The van der Waals surface area contributed by atoms with Crippen LogP contribution in [0, 0.1) is 5.82 Å². The smallest absolute Gasteiger partial charge is 0.141 e. The molecule has 1 fully saturated rings. The molecule has 0 saturated heterocycles. The summed E-state index contributed by atoms with van der Waals surface area (Å²) in [7, 11) is 0. The molecule has 2 rings (SSSR count). The molecule has 1 nitrogen and oxygen atoms in total. The standard InChI is InChI=1S/C12H14Cl2FN/c13-5-6-16(10-2-3-10)8-9-1-4-12(15)11(14)7-9/h1,4,7,10H,2-3,5-6,8H2. The van der Waals surface area contributed by atoms with Crippen molar-refractivity contribution < 1.29 is 4.39 Å². The average molecular weight is 262 g/mol. The third-order valence-electron chi connectivity index (χ3n) is 2.80. The summed E-state index contributed by atoms with van der Waals surface area (Å²) in [5, 5.41) is 0.194. The van der Waals surface area contributed by atoms with Crippen LogP contribution < -0.4 is 0 Å². The Bertz CT molecular complexity index is 366. The monoisotopic (exact) mass is 261 g/mol. The number of hydrogen-bond acceptors (Lipinski definition) is 1. The Morgan fingerprint density at radius 3 is 2.69 bits per heavy atom. The second-order valence-electron chi connectivity index (χ2n) is 4.14. The summed E-state index contributed by atoms with van der Waals surface area (Å²) in [5.74, 6) is 0.270. The van der Waals surface area contributed by atoms with E-state index in [4.69, 9.17) is 23.2 Å². The van der Waals surface area contributed by atoms with Gasteiger partial charge < -0.3 is 0 Å². The SMILES string of the molecule is Fc1ccc(CN(CCCl)C2CC2)cc1Cl. The Morgan fingerprint density at radius 2 is 2.12 bits per heavy atom. The number of rotatable bonds is 5. The summed E-state index contributed by atoms with van der Waals surface area (Å²) < 4.78 is 13.0. The molecule has 0 atom stereocenters. The Labute approximate surface area is 105 Å². The van der Waals surface area contributed by atoms with Crippen molar-refractivity contribution in [3.8, 4) is 0 Å². The van der Waals surface area contributed by atoms with Crippen LogP contribution in [0.25, 0.3) is 0 Å². The zero-order valence-corrected chi connectivity index (χ0v) is 10.4. The largest absolute Gasteiger partial charge is 0.295 e. The van der Waals surface area contributed by atoms with Gasteiger partial charge in [-0.3, -0.25) is 4.90 Å². The molecule has 0 unspecified atom stereocenters. The van der Waals surface area contributed by atoms with Crippen molar-refractivity contribution in [2.75, 3.05) is 12.4 Å². The minimum atomic E-state index is -0.360. The van der Waals surface area contributed by atoms with Crippen LogP contribution in [0.1, 0.15) is 18.4 Å². The van der Waals surface area contributed by atoms with Crippen molar-refractivity contribution >= 4 is 23.2 Å². The van der Waals surface area contributed by atoms with Crippen molar-refractivity contribution in [1.82, 2.24) is 4.90 Å². The predicted molar refractivity (Wildman–Crippen MR) is 65.6 cm³/mol. The van der Waals surface area contributed by atoms with Crippen LogP contribution in [0.2, 0.25) is 5.02 Å². The minimum absolute atomic E-state index is 0.194. The first-order valence-corrected chi connectivity index (χ1v) is 6.36. The molecular weight excluding hydrogens is 248 g/mol. The van der Waals surface area contributed by atoms with E-state index in [2.05, 4.69) is 4.90 Å². The van der Waals surface area contributed by atoms with Crippen LogP contribution in [0.3, 0.4) is 0 Å². The minimum Gasteiger partial charge on any atom is -0.295 e. The lowest BCUT2D eigenvalue weighted by Gasteiger charge is -2.20. The first-order valence-electron chi connectivity index (χ1n) is 5.44. The van der Waals surface area contributed by atoms with Gasteiger partial charge >= 0.3 is 0 Å². The van der Waals surface area contributed by atoms with Gasteiger partial charge in [-0.2, -0.15) is 0 Å². The highest BCUT2D eigenvalue weighted by molar-refractivity contribution is 6.30. The van der Waals surface area contributed by atoms with Crippen LogP contribution in [-0.2, 0) is 6.54 Å².